The quantitative estimate of drug-likeness (QED) is 0.623. The maximum absolute atomic E-state index is 13.9. The summed E-state index contributed by atoms with van der Waals surface area (Å²) in [6.45, 7) is 2.32. The molecule has 1 saturated heterocycles. The van der Waals surface area contributed by atoms with Gasteiger partial charge in [0.25, 0.3) is 0 Å². The largest absolute Gasteiger partial charge is 0.393 e. The van der Waals surface area contributed by atoms with Crippen LogP contribution in [0.3, 0.4) is 0 Å². The molecule has 2 aliphatic heterocycles. The van der Waals surface area contributed by atoms with E-state index in [1.54, 1.807) is 19.1 Å². The second-order valence-corrected chi connectivity index (χ2v) is 8.45. The number of nitrogens with zero attached hydrogens (tertiary/aromatic N) is 1. The van der Waals surface area contributed by atoms with Crippen molar-refractivity contribution in [2.75, 3.05) is 13.6 Å². The average Bonchev–Trinajstić information content (AvgIpc) is 3.12. The summed E-state index contributed by atoms with van der Waals surface area (Å²) in [5.41, 5.74) is 5.15. The van der Waals surface area contributed by atoms with Crippen molar-refractivity contribution < 1.29 is 14.3 Å². The van der Waals surface area contributed by atoms with Crippen molar-refractivity contribution in [3.8, 4) is 11.1 Å². The fourth-order valence-electron chi connectivity index (χ4n) is 5.42. The number of halogens is 1. The van der Waals surface area contributed by atoms with E-state index < -0.39 is 12.0 Å². The van der Waals surface area contributed by atoms with E-state index in [4.69, 9.17) is 0 Å². The number of carbonyl (C=O) groups excluding carboxylic acids is 1. The van der Waals surface area contributed by atoms with Gasteiger partial charge in [-0.25, -0.2) is 4.39 Å². The van der Waals surface area contributed by atoms with Crippen LogP contribution >= 0.6 is 0 Å². The number of piperidine rings is 1. The molecule has 2 aromatic carbocycles. The van der Waals surface area contributed by atoms with Gasteiger partial charge in [-0.1, -0.05) is 24.3 Å². The molecular formula is C24H26FN3O2. The third kappa shape index (κ3) is 2.86. The average molecular weight is 407 g/mol. The SMILES string of the molecule is CN[C@H]1C[C@H]2c3[nH]c4cccc(-c5cccc(F)c5)c4c3CCN2C(=O)[C@H]1[C@H](C)O. The highest BCUT2D eigenvalue weighted by atomic mass is 19.1. The minimum atomic E-state index is -0.695. The minimum absolute atomic E-state index is 0.00950. The van der Waals surface area contributed by atoms with Crippen molar-refractivity contribution in [2.45, 2.75) is 38.0 Å². The van der Waals surface area contributed by atoms with Gasteiger partial charge in [0.05, 0.1) is 18.1 Å². The Balaban J connectivity index is 1.63. The van der Waals surface area contributed by atoms with Crippen molar-refractivity contribution in [2.24, 2.45) is 5.92 Å². The molecule has 0 radical (unpaired) electrons. The Kier molecular flexibility index (Phi) is 4.64. The lowest BCUT2D eigenvalue weighted by Gasteiger charge is -2.46. The van der Waals surface area contributed by atoms with Gasteiger partial charge in [0.1, 0.15) is 5.82 Å². The Hall–Kier alpha value is -2.70. The Morgan fingerprint density at radius 3 is 2.80 bits per heavy atom. The number of H-pyrrole nitrogens is 1. The molecule has 0 bridgehead atoms. The smallest absolute Gasteiger partial charge is 0.230 e. The molecular weight excluding hydrogens is 381 g/mol. The van der Waals surface area contributed by atoms with Gasteiger partial charge in [0, 0.05) is 29.2 Å². The molecule has 156 valence electrons. The molecule has 0 unspecified atom stereocenters. The lowest BCUT2D eigenvalue weighted by molar-refractivity contribution is -0.149. The summed E-state index contributed by atoms with van der Waals surface area (Å²) >= 11 is 0. The molecule has 5 rings (SSSR count). The molecule has 5 nitrogen and oxygen atoms in total. The summed E-state index contributed by atoms with van der Waals surface area (Å²) in [5, 5.41) is 14.6. The summed E-state index contributed by atoms with van der Waals surface area (Å²) in [4.78, 5) is 18.7. The lowest BCUT2D eigenvalue weighted by Crippen LogP contribution is -2.58. The fourth-order valence-corrected chi connectivity index (χ4v) is 5.42. The maximum Gasteiger partial charge on any atom is 0.230 e. The van der Waals surface area contributed by atoms with Crippen LogP contribution in [0.2, 0.25) is 0 Å². The third-order valence-electron chi connectivity index (χ3n) is 6.78. The minimum Gasteiger partial charge on any atom is -0.393 e. The predicted molar refractivity (Wildman–Crippen MR) is 114 cm³/mol. The second kappa shape index (κ2) is 7.22. The normalized spacial score (nSPS) is 24.6. The predicted octanol–water partition coefficient (Wildman–Crippen LogP) is 3.39. The Labute approximate surface area is 174 Å². The van der Waals surface area contributed by atoms with Crippen LogP contribution in [0.4, 0.5) is 4.39 Å². The number of aliphatic hydroxyl groups is 1. The second-order valence-electron chi connectivity index (χ2n) is 8.45. The number of nitrogens with one attached hydrogen (secondary N) is 2. The van der Waals surface area contributed by atoms with Gasteiger partial charge in [-0.2, -0.15) is 0 Å². The molecule has 3 heterocycles. The number of fused-ring (bicyclic) bond motifs is 5. The number of benzene rings is 2. The zero-order valence-electron chi connectivity index (χ0n) is 17.2. The Morgan fingerprint density at radius 2 is 2.07 bits per heavy atom. The molecule has 3 aromatic rings. The van der Waals surface area contributed by atoms with Gasteiger partial charge in [-0.05, 0) is 61.7 Å². The Bertz CT molecular complexity index is 1120. The van der Waals surface area contributed by atoms with Crippen LogP contribution in [-0.2, 0) is 11.2 Å². The van der Waals surface area contributed by atoms with Crippen LogP contribution < -0.4 is 5.32 Å². The van der Waals surface area contributed by atoms with Gasteiger partial charge < -0.3 is 20.3 Å². The summed E-state index contributed by atoms with van der Waals surface area (Å²) < 4.78 is 13.9. The molecule has 30 heavy (non-hydrogen) atoms. The number of aromatic amines is 1. The number of aliphatic hydroxyl groups excluding tert-OH is 1. The fraction of sp³-hybridized carbons (Fsp3) is 0.375. The van der Waals surface area contributed by atoms with Crippen molar-refractivity contribution in [1.82, 2.24) is 15.2 Å². The molecule has 0 saturated carbocycles. The highest BCUT2D eigenvalue weighted by molar-refractivity contribution is 5.99. The van der Waals surface area contributed by atoms with E-state index in [0.717, 1.165) is 40.6 Å². The van der Waals surface area contributed by atoms with Gasteiger partial charge in [-0.3, -0.25) is 4.79 Å². The number of amides is 1. The number of carbonyl (C=O) groups is 1. The van der Waals surface area contributed by atoms with Crippen molar-refractivity contribution in [3.05, 3.63) is 59.5 Å². The molecule has 0 spiro atoms. The van der Waals surface area contributed by atoms with Gasteiger partial charge in [0.2, 0.25) is 5.91 Å². The molecule has 4 atom stereocenters. The van der Waals surface area contributed by atoms with Crippen LogP contribution in [0.15, 0.2) is 42.5 Å². The number of hydrogen-bond donors (Lipinski definition) is 3. The van der Waals surface area contributed by atoms with Crippen molar-refractivity contribution >= 4 is 16.8 Å². The number of rotatable bonds is 3. The van der Waals surface area contributed by atoms with E-state index in [9.17, 15) is 14.3 Å². The van der Waals surface area contributed by atoms with E-state index in [-0.39, 0.29) is 23.8 Å². The number of aromatic nitrogens is 1. The van der Waals surface area contributed by atoms with Crippen molar-refractivity contribution in [1.29, 1.82) is 0 Å². The van der Waals surface area contributed by atoms with E-state index >= 15 is 0 Å². The third-order valence-corrected chi connectivity index (χ3v) is 6.78. The highest BCUT2D eigenvalue weighted by Gasteiger charge is 2.46. The van der Waals surface area contributed by atoms with E-state index in [0.29, 0.717) is 6.54 Å². The van der Waals surface area contributed by atoms with Crippen LogP contribution in [0.1, 0.15) is 30.6 Å². The first-order valence-corrected chi connectivity index (χ1v) is 10.5. The van der Waals surface area contributed by atoms with E-state index in [2.05, 4.69) is 10.3 Å². The van der Waals surface area contributed by atoms with Crippen LogP contribution in [0.25, 0.3) is 22.0 Å². The molecule has 1 aromatic heterocycles. The lowest BCUT2D eigenvalue weighted by atomic mass is 9.80. The molecule has 0 aliphatic carbocycles. The zero-order valence-corrected chi connectivity index (χ0v) is 17.2. The Morgan fingerprint density at radius 1 is 1.27 bits per heavy atom. The zero-order chi connectivity index (χ0) is 21.0. The van der Waals surface area contributed by atoms with E-state index in [1.165, 1.54) is 11.6 Å². The van der Waals surface area contributed by atoms with Gasteiger partial charge in [-0.15, -0.1) is 0 Å². The van der Waals surface area contributed by atoms with Gasteiger partial charge in [0.15, 0.2) is 0 Å². The first-order chi connectivity index (χ1) is 14.5. The highest BCUT2D eigenvalue weighted by Crippen LogP contribution is 2.44. The molecule has 1 amide bonds. The molecule has 2 aliphatic rings. The first-order valence-electron chi connectivity index (χ1n) is 10.5. The summed E-state index contributed by atoms with van der Waals surface area (Å²) in [6.07, 6.45) is 0.785. The standard InChI is InChI=1S/C24H26FN3O2/c1-13(29)21-19(26-2)12-20-23-17(9-10-28(20)24(21)30)22-16(7-4-8-18(22)27-23)14-5-3-6-15(25)11-14/h3-8,11,13,19-21,26-27,29H,9-10,12H2,1-2H3/t13-,19-,20-,21-/m0/s1. The first kappa shape index (κ1) is 19.3. The molecule has 1 fully saturated rings. The maximum atomic E-state index is 13.9. The van der Waals surface area contributed by atoms with Crippen LogP contribution in [0, 0.1) is 11.7 Å². The van der Waals surface area contributed by atoms with Gasteiger partial charge >= 0.3 is 0 Å². The summed E-state index contributed by atoms with van der Waals surface area (Å²) in [6, 6.07) is 12.6. The summed E-state index contributed by atoms with van der Waals surface area (Å²) in [5.74, 6) is -0.672. The topological polar surface area (TPSA) is 68.4 Å². The van der Waals surface area contributed by atoms with Crippen molar-refractivity contribution in [3.63, 3.8) is 0 Å². The molecule has 3 N–H and O–H groups in total. The number of hydrogen-bond acceptors (Lipinski definition) is 3. The van der Waals surface area contributed by atoms with E-state index in [1.807, 2.05) is 36.2 Å². The van der Waals surface area contributed by atoms with Crippen LogP contribution in [-0.4, -0.2) is 46.6 Å². The summed E-state index contributed by atoms with van der Waals surface area (Å²) in [7, 11) is 1.85. The molecule has 6 heteroatoms. The monoisotopic (exact) mass is 407 g/mol. The van der Waals surface area contributed by atoms with Crippen LogP contribution in [0.5, 0.6) is 0 Å².